The lowest BCUT2D eigenvalue weighted by Gasteiger charge is -2.58. The minimum atomic E-state index is -1.70. The normalized spacial score (nSPS) is 47.7. The second kappa shape index (κ2) is 11.6. The van der Waals surface area contributed by atoms with Gasteiger partial charge in [0, 0.05) is 0 Å². The van der Waals surface area contributed by atoms with Gasteiger partial charge < -0.3 is 29.9 Å². The summed E-state index contributed by atoms with van der Waals surface area (Å²) in [4.78, 5) is 11.5. The summed E-state index contributed by atoms with van der Waals surface area (Å²) in [5, 5.41) is 40.0. The summed E-state index contributed by atoms with van der Waals surface area (Å²) < 4.78 is 11.5. The number of aliphatic hydroxyl groups excluding tert-OH is 3. The number of fused-ring (bicyclic) bond motifs is 5. The fraction of sp³-hybridized carbons (Fsp3) is 0.909. The molecule has 4 fully saturated rings. The zero-order chi connectivity index (χ0) is 29.0. The van der Waals surface area contributed by atoms with Crippen LogP contribution in [0.5, 0.6) is 0 Å². The van der Waals surface area contributed by atoms with Crippen LogP contribution in [0.2, 0.25) is 0 Å². The van der Waals surface area contributed by atoms with Gasteiger partial charge in [0.2, 0.25) is 0 Å². The highest BCUT2D eigenvalue weighted by Crippen LogP contribution is 2.67. The Morgan fingerprint density at radius 3 is 2.45 bits per heavy atom. The van der Waals surface area contributed by atoms with Gasteiger partial charge in [-0.2, -0.15) is 0 Å². The van der Waals surface area contributed by atoms with E-state index >= 15 is 0 Å². The third-order valence-electron chi connectivity index (χ3n) is 12.4. The molecule has 1 heterocycles. The Balaban J connectivity index is 1.25. The average Bonchev–Trinajstić information content (AvgIpc) is 3.26. The lowest BCUT2D eigenvalue weighted by molar-refractivity contribution is -0.306. The smallest absolute Gasteiger partial charge is 0.335 e. The number of carboxylic acids is 1. The second-order valence-corrected chi connectivity index (χ2v) is 15.0. The Morgan fingerprint density at radius 2 is 1.75 bits per heavy atom. The first kappa shape index (κ1) is 30.5. The van der Waals surface area contributed by atoms with Crippen LogP contribution in [0.25, 0.3) is 0 Å². The summed E-state index contributed by atoms with van der Waals surface area (Å²) >= 11 is 0. The van der Waals surface area contributed by atoms with Crippen LogP contribution < -0.4 is 0 Å². The second-order valence-electron chi connectivity index (χ2n) is 15.0. The van der Waals surface area contributed by atoms with Gasteiger partial charge in [-0.1, -0.05) is 65.5 Å². The zero-order valence-electron chi connectivity index (χ0n) is 25.3. The minimum absolute atomic E-state index is 0.149. The van der Waals surface area contributed by atoms with E-state index in [1.807, 2.05) is 0 Å². The molecule has 0 amide bonds. The summed E-state index contributed by atoms with van der Waals surface area (Å²) in [6, 6.07) is 0. The molecule has 7 nitrogen and oxygen atoms in total. The van der Waals surface area contributed by atoms with Crippen molar-refractivity contribution in [3.63, 3.8) is 0 Å². The maximum Gasteiger partial charge on any atom is 0.335 e. The van der Waals surface area contributed by atoms with Crippen LogP contribution in [0.3, 0.4) is 0 Å². The molecule has 1 saturated heterocycles. The van der Waals surface area contributed by atoms with Crippen molar-refractivity contribution in [2.45, 2.75) is 142 Å². The fourth-order valence-corrected chi connectivity index (χ4v) is 10.1. The number of carboxylic acid groups (broad SMARTS) is 1. The van der Waals surface area contributed by atoms with Gasteiger partial charge in [-0.3, -0.25) is 0 Å². The molecular weight excluding hydrogens is 508 g/mol. The van der Waals surface area contributed by atoms with E-state index < -0.39 is 36.7 Å². The SMILES string of the molecule is CC(C)CCC[C@@H](C)[C@H]1CC[C@H]2[C@@H]3CC=C4C[C@@H](O[C@@H]5O[C@H](C(=O)O)[C@@H](O)[C@H](O)[C@H]5O)CC[C@]4(C)[C@H]3CC[C@]12C. The molecule has 13 atom stereocenters. The zero-order valence-corrected chi connectivity index (χ0v) is 25.3. The average molecular weight is 563 g/mol. The van der Waals surface area contributed by atoms with Gasteiger partial charge in [0.05, 0.1) is 6.10 Å². The minimum Gasteiger partial charge on any atom is -0.479 e. The Bertz CT molecular complexity index is 949. The fourth-order valence-electron chi connectivity index (χ4n) is 10.1. The van der Waals surface area contributed by atoms with Gasteiger partial charge in [0.1, 0.15) is 18.3 Å². The number of rotatable bonds is 8. The van der Waals surface area contributed by atoms with Crippen molar-refractivity contribution >= 4 is 5.97 Å². The Hall–Kier alpha value is -0.990. The molecule has 0 spiro atoms. The van der Waals surface area contributed by atoms with Gasteiger partial charge >= 0.3 is 5.97 Å². The van der Waals surface area contributed by atoms with Crippen molar-refractivity contribution in [2.75, 3.05) is 0 Å². The van der Waals surface area contributed by atoms with E-state index in [1.54, 1.807) is 0 Å². The lowest BCUT2D eigenvalue weighted by Crippen LogP contribution is -2.61. The molecule has 0 radical (unpaired) electrons. The van der Waals surface area contributed by atoms with Crippen LogP contribution in [-0.4, -0.2) is 63.2 Å². The van der Waals surface area contributed by atoms with Crippen LogP contribution in [0.15, 0.2) is 11.6 Å². The summed E-state index contributed by atoms with van der Waals surface area (Å²) in [5.74, 6) is 3.30. The molecule has 1 aliphatic heterocycles. The first-order chi connectivity index (χ1) is 18.9. The van der Waals surface area contributed by atoms with E-state index in [2.05, 4.69) is 40.7 Å². The number of aliphatic hydroxyl groups is 3. The van der Waals surface area contributed by atoms with E-state index in [1.165, 1.54) is 50.5 Å². The van der Waals surface area contributed by atoms with E-state index in [-0.39, 0.29) is 11.5 Å². The molecule has 4 aliphatic carbocycles. The number of ether oxygens (including phenoxy) is 2. The number of carbonyl (C=O) groups is 1. The van der Waals surface area contributed by atoms with Crippen molar-refractivity contribution in [3.8, 4) is 0 Å². The molecule has 40 heavy (non-hydrogen) atoms. The maximum atomic E-state index is 11.5. The van der Waals surface area contributed by atoms with Gasteiger partial charge in [-0.15, -0.1) is 0 Å². The van der Waals surface area contributed by atoms with Crippen LogP contribution in [0.1, 0.15) is 105 Å². The van der Waals surface area contributed by atoms with Gasteiger partial charge in [0.25, 0.3) is 0 Å². The molecule has 0 unspecified atom stereocenters. The molecule has 0 aromatic carbocycles. The Kier molecular flexibility index (Phi) is 8.83. The van der Waals surface area contributed by atoms with Crippen LogP contribution in [0.4, 0.5) is 0 Å². The quantitative estimate of drug-likeness (QED) is 0.297. The summed E-state index contributed by atoms with van der Waals surface area (Å²) in [5.41, 5.74) is 2.04. The molecule has 5 aliphatic rings. The van der Waals surface area contributed by atoms with Crippen molar-refractivity contribution in [1.82, 2.24) is 0 Å². The third-order valence-corrected chi connectivity index (χ3v) is 12.4. The van der Waals surface area contributed by atoms with Crippen molar-refractivity contribution in [3.05, 3.63) is 11.6 Å². The summed E-state index contributed by atoms with van der Waals surface area (Å²) in [6.07, 6.45) is 7.65. The predicted octanol–water partition coefficient (Wildman–Crippen LogP) is 5.31. The molecule has 7 heteroatoms. The van der Waals surface area contributed by atoms with E-state index in [0.717, 1.165) is 55.3 Å². The molecule has 0 aromatic rings. The van der Waals surface area contributed by atoms with Gasteiger partial charge in [0.15, 0.2) is 12.4 Å². The molecule has 3 saturated carbocycles. The molecule has 5 rings (SSSR count). The van der Waals surface area contributed by atoms with E-state index in [4.69, 9.17) is 9.47 Å². The van der Waals surface area contributed by atoms with Crippen LogP contribution in [0, 0.1) is 46.3 Å². The first-order valence-corrected chi connectivity index (χ1v) is 16.1. The standard InChI is InChI=1S/C33H54O7/c1-18(2)7-6-8-19(3)23-11-12-24-22-10-9-20-17-21(13-15-32(20,4)25(22)14-16-33(23,24)5)39-31-28(36)26(34)27(35)29(40-31)30(37)38/h9,18-19,21-29,31,34-36H,6-8,10-17H2,1-5H3,(H,37,38)/t19-,21+,22+,23-,24+,25+,26+,27+,28-,29+,31-,32+,33-/m1/s1. The lowest BCUT2D eigenvalue weighted by atomic mass is 9.47. The van der Waals surface area contributed by atoms with Crippen LogP contribution in [-0.2, 0) is 14.3 Å². The topological polar surface area (TPSA) is 116 Å². The Labute approximate surface area is 240 Å². The number of hydrogen-bond acceptors (Lipinski definition) is 6. The van der Waals surface area contributed by atoms with Crippen molar-refractivity contribution in [1.29, 1.82) is 0 Å². The Morgan fingerprint density at radius 1 is 1.00 bits per heavy atom. The molecule has 4 N–H and O–H groups in total. The number of allylic oxidation sites excluding steroid dienone is 1. The van der Waals surface area contributed by atoms with Crippen molar-refractivity contribution in [2.24, 2.45) is 46.3 Å². The molecular formula is C33H54O7. The maximum absolute atomic E-state index is 11.5. The summed E-state index contributed by atoms with van der Waals surface area (Å²) in [6.45, 7) is 12.3. The number of aliphatic carboxylic acids is 1. The van der Waals surface area contributed by atoms with Crippen LogP contribution >= 0.6 is 0 Å². The van der Waals surface area contributed by atoms with Crippen molar-refractivity contribution < 1.29 is 34.7 Å². The number of hydrogen-bond donors (Lipinski definition) is 4. The molecule has 228 valence electrons. The molecule has 0 bridgehead atoms. The highest BCUT2D eigenvalue weighted by molar-refractivity contribution is 5.73. The third kappa shape index (κ3) is 5.32. The van der Waals surface area contributed by atoms with Gasteiger partial charge in [-0.25, -0.2) is 4.79 Å². The van der Waals surface area contributed by atoms with E-state index in [0.29, 0.717) is 11.3 Å². The van der Waals surface area contributed by atoms with E-state index in [9.17, 15) is 25.2 Å². The van der Waals surface area contributed by atoms with Gasteiger partial charge in [-0.05, 0) is 97.7 Å². The monoisotopic (exact) mass is 562 g/mol. The summed E-state index contributed by atoms with van der Waals surface area (Å²) in [7, 11) is 0. The highest BCUT2D eigenvalue weighted by atomic mass is 16.7. The largest absolute Gasteiger partial charge is 0.479 e. The first-order valence-electron chi connectivity index (χ1n) is 16.1. The predicted molar refractivity (Wildman–Crippen MR) is 152 cm³/mol. The molecule has 0 aromatic heterocycles. The highest BCUT2D eigenvalue weighted by Gasteiger charge is 2.59.